The van der Waals surface area contributed by atoms with Crippen LogP contribution in [0.2, 0.25) is 0 Å². The number of benzene rings is 2. The molecule has 1 aromatic heterocycles. The van der Waals surface area contributed by atoms with Crippen LogP contribution in [0.4, 0.5) is 4.79 Å². The molecule has 4 nitrogen and oxygen atoms in total. The summed E-state index contributed by atoms with van der Waals surface area (Å²) in [6.07, 6.45) is 2.65. The number of nitrogens with zero attached hydrogens (tertiary/aromatic N) is 1. The monoisotopic (exact) mass is 377 g/mol. The predicted molar refractivity (Wildman–Crippen MR) is 111 cm³/mol. The van der Waals surface area contributed by atoms with Gasteiger partial charge < -0.3 is 10.6 Å². The number of urea groups is 1. The normalized spacial score (nSPS) is 11.6. The van der Waals surface area contributed by atoms with Gasteiger partial charge in [0.25, 0.3) is 0 Å². The molecule has 27 heavy (non-hydrogen) atoms. The van der Waals surface area contributed by atoms with Crippen molar-refractivity contribution in [1.82, 2.24) is 15.6 Å². The molecule has 0 radical (unpaired) electrons. The van der Waals surface area contributed by atoms with E-state index in [9.17, 15) is 4.79 Å². The van der Waals surface area contributed by atoms with Gasteiger partial charge in [-0.3, -0.25) is 4.98 Å². The highest BCUT2D eigenvalue weighted by Gasteiger charge is 2.17. The van der Waals surface area contributed by atoms with Crippen molar-refractivity contribution < 1.29 is 4.79 Å². The maximum atomic E-state index is 12.4. The lowest BCUT2D eigenvalue weighted by atomic mass is 10.0. The Morgan fingerprint density at radius 1 is 0.926 bits per heavy atom. The number of pyridine rings is 1. The third-order valence-electron chi connectivity index (χ3n) is 4.01. The van der Waals surface area contributed by atoms with Crippen LogP contribution < -0.4 is 10.6 Å². The number of nitrogens with one attached hydrogen (secondary N) is 2. The Labute approximate surface area is 164 Å². The Morgan fingerprint density at radius 2 is 1.63 bits per heavy atom. The first kappa shape index (κ1) is 19.0. The van der Waals surface area contributed by atoms with Gasteiger partial charge in [0.05, 0.1) is 11.7 Å². The zero-order valence-electron chi connectivity index (χ0n) is 15.0. The third kappa shape index (κ3) is 6.15. The van der Waals surface area contributed by atoms with Crippen molar-refractivity contribution >= 4 is 17.8 Å². The van der Waals surface area contributed by atoms with Crippen molar-refractivity contribution in [2.75, 3.05) is 12.3 Å². The van der Waals surface area contributed by atoms with Crippen molar-refractivity contribution in [2.45, 2.75) is 17.4 Å². The van der Waals surface area contributed by atoms with Crippen LogP contribution in [-0.2, 0) is 0 Å². The summed E-state index contributed by atoms with van der Waals surface area (Å²) >= 11 is 1.80. The van der Waals surface area contributed by atoms with Crippen molar-refractivity contribution in [2.24, 2.45) is 0 Å². The van der Waals surface area contributed by atoms with Gasteiger partial charge in [0.1, 0.15) is 0 Å². The van der Waals surface area contributed by atoms with Gasteiger partial charge in [-0.1, -0.05) is 54.6 Å². The molecule has 0 saturated heterocycles. The van der Waals surface area contributed by atoms with Crippen LogP contribution in [-0.4, -0.2) is 23.3 Å². The zero-order valence-corrected chi connectivity index (χ0v) is 15.9. The minimum atomic E-state index is -0.272. The molecule has 1 heterocycles. The molecule has 1 unspecified atom stereocenters. The molecule has 138 valence electrons. The number of thioether (sulfide) groups is 1. The smallest absolute Gasteiger partial charge is 0.315 e. The van der Waals surface area contributed by atoms with E-state index in [1.807, 2.05) is 66.7 Å². The van der Waals surface area contributed by atoms with E-state index < -0.39 is 0 Å². The van der Waals surface area contributed by atoms with Gasteiger partial charge in [0, 0.05) is 17.6 Å². The lowest BCUT2D eigenvalue weighted by molar-refractivity contribution is 0.238. The maximum absolute atomic E-state index is 12.4. The number of hydrogen-bond donors (Lipinski definition) is 2. The first-order valence-electron chi connectivity index (χ1n) is 9.01. The first-order valence-corrected chi connectivity index (χ1v) is 9.99. The number of rotatable bonds is 8. The van der Waals surface area contributed by atoms with Gasteiger partial charge in [-0.2, -0.15) is 0 Å². The summed E-state index contributed by atoms with van der Waals surface area (Å²) in [7, 11) is 0. The fourth-order valence-corrected chi connectivity index (χ4v) is 3.56. The molecule has 5 heteroatoms. The van der Waals surface area contributed by atoms with Crippen LogP contribution >= 0.6 is 11.8 Å². The van der Waals surface area contributed by atoms with Gasteiger partial charge in [-0.25, -0.2) is 4.79 Å². The Kier molecular flexibility index (Phi) is 7.30. The predicted octanol–water partition coefficient (Wildman–Crippen LogP) is 4.65. The van der Waals surface area contributed by atoms with Gasteiger partial charge in [-0.15, -0.1) is 11.8 Å². The molecule has 3 rings (SSSR count). The van der Waals surface area contributed by atoms with Crippen molar-refractivity contribution in [3.63, 3.8) is 0 Å². The fourth-order valence-electron chi connectivity index (χ4n) is 2.68. The number of hydrogen-bond acceptors (Lipinski definition) is 3. The molecule has 0 fully saturated rings. The molecule has 1 atom stereocenters. The fraction of sp³-hybridized carbons (Fsp3) is 0.182. The van der Waals surface area contributed by atoms with Gasteiger partial charge in [-0.05, 0) is 42.0 Å². The van der Waals surface area contributed by atoms with Crippen molar-refractivity contribution in [3.05, 3.63) is 96.3 Å². The molecule has 3 aromatic rings. The second-order valence-electron chi connectivity index (χ2n) is 6.01. The second-order valence-corrected chi connectivity index (χ2v) is 7.18. The standard InChI is InChI=1S/C22H23N3OS/c26-22(24-16-9-17-27-19-12-5-2-6-13-19)25-21(18-10-3-1-4-11-18)20-14-7-8-15-23-20/h1-8,10-15,21H,9,16-17H2,(H2,24,25,26). The highest BCUT2D eigenvalue weighted by Crippen LogP contribution is 2.20. The molecule has 0 aliphatic carbocycles. The van der Waals surface area contributed by atoms with E-state index in [0.29, 0.717) is 6.54 Å². The summed E-state index contributed by atoms with van der Waals surface area (Å²) < 4.78 is 0. The van der Waals surface area contributed by atoms with E-state index in [-0.39, 0.29) is 12.1 Å². The molecular formula is C22H23N3OS. The quantitative estimate of drug-likeness (QED) is 0.444. The number of aromatic nitrogens is 1. The minimum absolute atomic E-state index is 0.181. The van der Waals surface area contributed by atoms with Gasteiger partial charge in [0.2, 0.25) is 0 Å². The Bertz CT molecular complexity index is 773. The van der Waals surface area contributed by atoms with Gasteiger partial charge >= 0.3 is 6.03 Å². The molecule has 2 aromatic carbocycles. The van der Waals surface area contributed by atoms with Crippen molar-refractivity contribution in [1.29, 1.82) is 0 Å². The minimum Gasteiger partial charge on any atom is -0.338 e. The topological polar surface area (TPSA) is 54.0 Å². The van der Waals surface area contributed by atoms with Crippen LogP contribution in [0.3, 0.4) is 0 Å². The molecule has 0 aliphatic rings. The molecule has 0 bridgehead atoms. The summed E-state index contributed by atoms with van der Waals surface area (Å²) in [6.45, 7) is 0.634. The summed E-state index contributed by atoms with van der Waals surface area (Å²) in [5, 5.41) is 5.99. The van der Waals surface area contributed by atoms with Crippen LogP contribution in [0.1, 0.15) is 23.7 Å². The molecule has 0 aliphatic heterocycles. The SMILES string of the molecule is O=C(NCCCSc1ccccc1)NC(c1ccccc1)c1ccccn1. The van der Waals surface area contributed by atoms with Crippen LogP contribution in [0.5, 0.6) is 0 Å². The van der Waals surface area contributed by atoms with E-state index >= 15 is 0 Å². The summed E-state index contributed by atoms with van der Waals surface area (Å²) in [5.41, 5.74) is 1.82. The van der Waals surface area contributed by atoms with E-state index in [4.69, 9.17) is 0 Å². The zero-order chi connectivity index (χ0) is 18.7. The summed E-state index contributed by atoms with van der Waals surface area (Å²) in [4.78, 5) is 18.0. The molecular weight excluding hydrogens is 354 g/mol. The van der Waals surface area contributed by atoms with Crippen molar-refractivity contribution in [3.8, 4) is 0 Å². The third-order valence-corrected chi connectivity index (χ3v) is 5.11. The Morgan fingerprint density at radius 3 is 2.33 bits per heavy atom. The van der Waals surface area contributed by atoms with Crippen LogP contribution in [0.15, 0.2) is 90.0 Å². The molecule has 2 amide bonds. The lowest BCUT2D eigenvalue weighted by Gasteiger charge is -2.19. The molecule has 2 N–H and O–H groups in total. The molecule has 0 spiro atoms. The highest BCUT2D eigenvalue weighted by atomic mass is 32.2. The van der Waals surface area contributed by atoms with E-state index in [1.165, 1.54) is 4.90 Å². The highest BCUT2D eigenvalue weighted by molar-refractivity contribution is 7.99. The number of carbonyl (C=O) groups is 1. The maximum Gasteiger partial charge on any atom is 0.315 e. The number of amides is 2. The Hall–Kier alpha value is -2.79. The van der Waals surface area contributed by atoms with Crippen LogP contribution in [0.25, 0.3) is 0 Å². The number of carbonyl (C=O) groups excluding carboxylic acids is 1. The second kappa shape index (κ2) is 10.4. The Balaban J connectivity index is 1.49. The lowest BCUT2D eigenvalue weighted by Crippen LogP contribution is -2.39. The summed E-state index contributed by atoms with van der Waals surface area (Å²) in [5.74, 6) is 0.965. The van der Waals surface area contributed by atoms with E-state index in [2.05, 4.69) is 27.8 Å². The average Bonchev–Trinajstić information content (AvgIpc) is 2.74. The van der Waals surface area contributed by atoms with Gasteiger partial charge in [0.15, 0.2) is 0 Å². The van der Waals surface area contributed by atoms with E-state index in [1.54, 1.807) is 18.0 Å². The average molecular weight is 378 g/mol. The van der Waals surface area contributed by atoms with Crippen LogP contribution in [0, 0.1) is 0 Å². The summed E-state index contributed by atoms with van der Waals surface area (Å²) in [6, 6.07) is 25.4. The first-order chi connectivity index (χ1) is 13.3. The van der Waals surface area contributed by atoms with E-state index in [0.717, 1.165) is 23.4 Å². The molecule has 0 saturated carbocycles. The largest absolute Gasteiger partial charge is 0.338 e.